The fourth-order valence-electron chi connectivity index (χ4n) is 3.56. The Hall–Kier alpha value is -1.65. The van der Waals surface area contributed by atoms with Crippen LogP contribution in [0.1, 0.15) is 23.3 Å². The molecule has 118 valence electrons. The Labute approximate surface area is 144 Å². The van der Waals surface area contributed by atoms with Crippen molar-refractivity contribution < 1.29 is 4.79 Å². The quantitative estimate of drug-likeness (QED) is 0.827. The zero-order valence-corrected chi connectivity index (χ0v) is 14.1. The van der Waals surface area contributed by atoms with Crippen molar-refractivity contribution in [3.63, 3.8) is 0 Å². The smallest absolute Gasteiger partial charge is 0.229 e. The van der Waals surface area contributed by atoms with Gasteiger partial charge >= 0.3 is 0 Å². The van der Waals surface area contributed by atoms with Crippen LogP contribution >= 0.6 is 22.9 Å². The Balaban J connectivity index is 1.41. The summed E-state index contributed by atoms with van der Waals surface area (Å²) in [5.41, 5.74) is 1.08. The van der Waals surface area contributed by atoms with E-state index in [9.17, 15) is 4.79 Å². The molecule has 2 bridgehead atoms. The molecule has 1 saturated carbocycles. The van der Waals surface area contributed by atoms with Crippen molar-refractivity contribution >= 4 is 34.0 Å². The first kappa shape index (κ1) is 14.9. The van der Waals surface area contributed by atoms with E-state index in [-0.39, 0.29) is 11.8 Å². The summed E-state index contributed by atoms with van der Waals surface area (Å²) in [5.74, 6) is 1.24. The number of hydrogen-bond acceptors (Lipinski definition) is 3. The Morgan fingerprint density at radius 2 is 2.17 bits per heavy atom. The molecule has 2 aliphatic rings. The lowest BCUT2D eigenvalue weighted by Gasteiger charge is -2.16. The molecule has 1 N–H and O–H groups in total. The molecule has 23 heavy (non-hydrogen) atoms. The molecule has 1 aromatic heterocycles. The van der Waals surface area contributed by atoms with E-state index in [1.807, 2.05) is 30.5 Å². The van der Waals surface area contributed by atoms with Gasteiger partial charge in [0, 0.05) is 28.4 Å². The van der Waals surface area contributed by atoms with Crippen LogP contribution in [-0.4, -0.2) is 10.9 Å². The van der Waals surface area contributed by atoms with Gasteiger partial charge in [0.15, 0.2) is 5.13 Å². The van der Waals surface area contributed by atoms with Crippen molar-refractivity contribution in [3.8, 4) is 0 Å². The number of amides is 1. The van der Waals surface area contributed by atoms with Crippen molar-refractivity contribution in [2.45, 2.75) is 19.3 Å². The van der Waals surface area contributed by atoms with Crippen molar-refractivity contribution in [3.05, 3.63) is 58.1 Å². The lowest BCUT2D eigenvalue weighted by atomic mass is 9.93. The van der Waals surface area contributed by atoms with Gasteiger partial charge in [-0.1, -0.05) is 42.0 Å². The lowest BCUT2D eigenvalue weighted by molar-refractivity contribution is -0.120. The van der Waals surface area contributed by atoms with E-state index in [2.05, 4.69) is 22.5 Å². The van der Waals surface area contributed by atoms with Crippen molar-refractivity contribution in [1.82, 2.24) is 4.98 Å². The summed E-state index contributed by atoms with van der Waals surface area (Å²) in [4.78, 5) is 17.9. The Kier molecular flexibility index (Phi) is 3.95. The molecular formula is C18H17ClN2OS. The molecule has 1 fully saturated rings. The number of anilines is 1. The minimum Gasteiger partial charge on any atom is -0.302 e. The van der Waals surface area contributed by atoms with Gasteiger partial charge in [0.05, 0.1) is 0 Å². The monoisotopic (exact) mass is 344 g/mol. The zero-order valence-electron chi connectivity index (χ0n) is 12.5. The SMILES string of the molecule is O=C(Nc1ncc(Cc2ccccc2Cl)s1)[C@@H]1C[C@@H]2C=C[C@H]1C2. The molecule has 1 heterocycles. The van der Waals surface area contributed by atoms with Crippen LogP contribution in [-0.2, 0) is 11.2 Å². The summed E-state index contributed by atoms with van der Waals surface area (Å²) < 4.78 is 0. The molecule has 4 rings (SSSR count). The molecule has 0 saturated heterocycles. The number of rotatable bonds is 4. The second kappa shape index (κ2) is 6.10. The van der Waals surface area contributed by atoms with Gasteiger partial charge in [0.1, 0.15) is 0 Å². The average molecular weight is 345 g/mol. The number of carbonyl (C=O) groups excluding carboxylic acids is 1. The van der Waals surface area contributed by atoms with Gasteiger partial charge in [0.25, 0.3) is 0 Å². The maximum Gasteiger partial charge on any atom is 0.229 e. The number of allylic oxidation sites excluding steroid dienone is 2. The molecule has 0 aliphatic heterocycles. The first-order valence-corrected chi connectivity index (χ1v) is 9.06. The van der Waals surface area contributed by atoms with Crippen LogP contribution in [0.3, 0.4) is 0 Å². The van der Waals surface area contributed by atoms with Crippen LogP contribution in [0.25, 0.3) is 0 Å². The van der Waals surface area contributed by atoms with Crippen LogP contribution in [0, 0.1) is 17.8 Å². The molecule has 5 heteroatoms. The van der Waals surface area contributed by atoms with E-state index in [1.54, 1.807) is 0 Å². The topological polar surface area (TPSA) is 42.0 Å². The van der Waals surface area contributed by atoms with Gasteiger partial charge in [-0.25, -0.2) is 4.98 Å². The van der Waals surface area contributed by atoms with E-state index < -0.39 is 0 Å². The molecule has 2 aromatic rings. The highest BCUT2D eigenvalue weighted by Gasteiger charge is 2.39. The van der Waals surface area contributed by atoms with Crippen LogP contribution < -0.4 is 5.32 Å². The molecule has 0 spiro atoms. The molecular weight excluding hydrogens is 328 g/mol. The third kappa shape index (κ3) is 3.06. The van der Waals surface area contributed by atoms with Gasteiger partial charge in [0.2, 0.25) is 5.91 Å². The molecule has 1 amide bonds. The number of nitrogens with one attached hydrogen (secondary N) is 1. The normalized spacial score (nSPS) is 25.0. The zero-order chi connectivity index (χ0) is 15.8. The predicted molar refractivity (Wildman–Crippen MR) is 93.8 cm³/mol. The minimum absolute atomic E-state index is 0.112. The highest BCUT2D eigenvalue weighted by Crippen LogP contribution is 2.43. The van der Waals surface area contributed by atoms with Crippen molar-refractivity contribution in [2.24, 2.45) is 17.8 Å². The standard InChI is InChI=1S/C18H17ClN2OS/c19-16-4-2-1-3-13(16)9-14-10-20-18(23-14)21-17(22)15-8-11-5-6-12(15)7-11/h1-6,10-12,15H,7-9H2,(H,20,21,22)/t11-,12+,15-/m1/s1. The van der Waals surface area contributed by atoms with Gasteiger partial charge in [-0.15, -0.1) is 11.3 Å². The van der Waals surface area contributed by atoms with Gasteiger partial charge in [-0.3, -0.25) is 4.79 Å². The highest BCUT2D eigenvalue weighted by molar-refractivity contribution is 7.15. The molecule has 3 nitrogen and oxygen atoms in total. The maximum atomic E-state index is 12.4. The predicted octanol–water partition coefficient (Wildman–Crippen LogP) is 4.54. The highest BCUT2D eigenvalue weighted by atomic mass is 35.5. The largest absolute Gasteiger partial charge is 0.302 e. The van der Waals surface area contributed by atoms with E-state index in [0.717, 1.165) is 34.7 Å². The number of fused-ring (bicyclic) bond motifs is 2. The number of halogens is 1. The van der Waals surface area contributed by atoms with E-state index in [4.69, 9.17) is 11.6 Å². The second-order valence-electron chi connectivity index (χ2n) is 6.28. The summed E-state index contributed by atoms with van der Waals surface area (Å²) in [6, 6.07) is 7.81. The number of hydrogen-bond donors (Lipinski definition) is 1. The average Bonchev–Trinajstić information content (AvgIpc) is 3.26. The molecule has 2 aliphatic carbocycles. The van der Waals surface area contributed by atoms with Crippen molar-refractivity contribution in [2.75, 3.05) is 5.32 Å². The minimum atomic E-state index is 0.112. The second-order valence-corrected chi connectivity index (χ2v) is 7.80. The number of nitrogens with zero attached hydrogens (tertiary/aromatic N) is 1. The number of aromatic nitrogens is 1. The summed E-state index contributed by atoms with van der Waals surface area (Å²) in [7, 11) is 0. The maximum absolute atomic E-state index is 12.4. The molecule has 1 aromatic carbocycles. The summed E-state index contributed by atoms with van der Waals surface area (Å²) >= 11 is 7.72. The van der Waals surface area contributed by atoms with Crippen molar-refractivity contribution in [1.29, 1.82) is 0 Å². The van der Waals surface area contributed by atoms with Gasteiger partial charge in [-0.05, 0) is 36.3 Å². The summed E-state index contributed by atoms with van der Waals surface area (Å²) in [6.07, 6.45) is 9.12. The van der Waals surface area contributed by atoms with Crippen LogP contribution in [0.4, 0.5) is 5.13 Å². The fraction of sp³-hybridized carbons (Fsp3) is 0.333. The number of benzene rings is 1. The first-order chi connectivity index (χ1) is 11.2. The third-order valence-corrected chi connectivity index (χ3v) is 6.00. The van der Waals surface area contributed by atoms with E-state index in [1.165, 1.54) is 11.3 Å². The van der Waals surface area contributed by atoms with Gasteiger partial charge < -0.3 is 5.32 Å². The van der Waals surface area contributed by atoms with Gasteiger partial charge in [-0.2, -0.15) is 0 Å². The molecule has 0 unspecified atom stereocenters. The number of thiazole rings is 1. The van der Waals surface area contributed by atoms with Crippen LogP contribution in [0.2, 0.25) is 5.02 Å². The van der Waals surface area contributed by atoms with E-state index in [0.29, 0.717) is 17.0 Å². The Bertz CT molecular complexity index is 770. The fourth-order valence-corrected chi connectivity index (χ4v) is 4.60. The lowest BCUT2D eigenvalue weighted by Crippen LogP contribution is -2.25. The van der Waals surface area contributed by atoms with Crippen LogP contribution in [0.15, 0.2) is 42.6 Å². The Morgan fingerprint density at radius 3 is 2.91 bits per heavy atom. The van der Waals surface area contributed by atoms with Crippen LogP contribution in [0.5, 0.6) is 0 Å². The summed E-state index contributed by atoms with van der Waals surface area (Å²) in [5, 5.41) is 4.44. The van der Waals surface area contributed by atoms with E-state index >= 15 is 0 Å². The number of carbonyl (C=O) groups is 1. The summed E-state index contributed by atoms with van der Waals surface area (Å²) in [6.45, 7) is 0. The molecule has 3 atom stereocenters. The third-order valence-electron chi connectivity index (χ3n) is 4.72. The Morgan fingerprint density at radius 1 is 1.30 bits per heavy atom. The molecule has 0 radical (unpaired) electrons. The first-order valence-electron chi connectivity index (χ1n) is 7.86.